The normalized spacial score (nSPS) is 45.3. The van der Waals surface area contributed by atoms with E-state index in [4.69, 9.17) is 4.74 Å². The van der Waals surface area contributed by atoms with Crippen LogP contribution in [0.2, 0.25) is 0 Å². The number of ether oxygens (including phenoxy) is 1. The van der Waals surface area contributed by atoms with E-state index in [1.807, 2.05) is 12.1 Å². The van der Waals surface area contributed by atoms with Crippen molar-refractivity contribution in [3.8, 4) is 5.88 Å². The first-order chi connectivity index (χ1) is 18.0. The van der Waals surface area contributed by atoms with Gasteiger partial charge in [0.1, 0.15) is 0 Å². The van der Waals surface area contributed by atoms with Crippen LogP contribution in [-0.4, -0.2) is 16.6 Å². The molecule has 1 aromatic rings. The Balaban J connectivity index is 1.29. The fourth-order valence-electron chi connectivity index (χ4n) is 12.1. The molecule has 5 aliphatic rings. The number of pyridine rings is 1. The quantitative estimate of drug-likeness (QED) is 0.434. The fourth-order valence-corrected chi connectivity index (χ4v) is 12.1. The molecule has 9 atom stereocenters. The molecule has 1 aromatic heterocycles. The minimum absolute atomic E-state index is 0.126. The standard InChI is InChI=1S/C34H52N2O2/c1-22(2)23-13-19-34(36-30(37)38-28-10-7-8-21-35-28)20-14-25-24(29(23)34)11-12-27-32(25,5)18-15-26-31(3,4)16-9-17-33(26,27)6/h7-8,10,21-27,29H,9,11-20H2,1-6H3,(H,36,37)/t23?,24-,25?,26?,27?,29?,32-,33-,34-/m0/s1. The van der Waals surface area contributed by atoms with Crippen molar-refractivity contribution in [3.05, 3.63) is 24.4 Å². The molecule has 4 nitrogen and oxygen atoms in total. The lowest BCUT2D eigenvalue weighted by atomic mass is 9.36. The SMILES string of the molecule is CC(C)C1CC[C@]2(NC(=O)Oc3ccccn3)CCC3[C@H](CCC4[C@@]3(C)CCC3C(C)(C)CCC[C@@]34C)C12. The van der Waals surface area contributed by atoms with Gasteiger partial charge < -0.3 is 10.1 Å². The molecule has 0 radical (unpaired) electrons. The van der Waals surface area contributed by atoms with Crippen molar-refractivity contribution >= 4 is 6.09 Å². The summed E-state index contributed by atoms with van der Waals surface area (Å²) in [7, 11) is 0. The number of amides is 1. The molecule has 0 aliphatic heterocycles. The number of carbonyl (C=O) groups is 1. The summed E-state index contributed by atoms with van der Waals surface area (Å²) in [6.07, 6.45) is 15.8. The van der Waals surface area contributed by atoms with Crippen molar-refractivity contribution in [2.24, 2.45) is 57.7 Å². The lowest BCUT2D eigenvalue weighted by molar-refractivity contribution is -0.194. The van der Waals surface area contributed by atoms with E-state index in [0.29, 0.717) is 45.8 Å². The summed E-state index contributed by atoms with van der Waals surface area (Å²) in [5.74, 6) is 5.50. The molecule has 5 fully saturated rings. The van der Waals surface area contributed by atoms with Gasteiger partial charge >= 0.3 is 6.09 Å². The topological polar surface area (TPSA) is 51.2 Å². The Bertz CT molecular complexity index is 1040. The first kappa shape index (κ1) is 26.6. The molecule has 38 heavy (non-hydrogen) atoms. The molecule has 1 amide bonds. The number of nitrogens with one attached hydrogen (secondary N) is 1. The van der Waals surface area contributed by atoms with Crippen molar-refractivity contribution in [1.82, 2.24) is 10.3 Å². The second kappa shape index (κ2) is 9.23. The Morgan fingerprint density at radius 3 is 2.45 bits per heavy atom. The molecule has 1 N–H and O–H groups in total. The van der Waals surface area contributed by atoms with E-state index in [-0.39, 0.29) is 11.6 Å². The second-order valence-corrected chi connectivity index (χ2v) is 15.7. The summed E-state index contributed by atoms with van der Waals surface area (Å²) in [5.41, 5.74) is 1.29. The minimum atomic E-state index is -0.311. The molecule has 1 heterocycles. The van der Waals surface area contributed by atoms with Gasteiger partial charge in [-0.05, 0) is 128 Å². The van der Waals surface area contributed by atoms with E-state index in [1.54, 1.807) is 12.3 Å². The van der Waals surface area contributed by atoms with Gasteiger partial charge in [-0.2, -0.15) is 0 Å². The summed E-state index contributed by atoms with van der Waals surface area (Å²) >= 11 is 0. The highest BCUT2D eigenvalue weighted by molar-refractivity contribution is 5.71. The maximum atomic E-state index is 13.2. The van der Waals surface area contributed by atoms with Crippen molar-refractivity contribution in [2.75, 3.05) is 0 Å². The molecule has 210 valence electrons. The highest BCUT2D eigenvalue weighted by Gasteiger charge is 2.66. The van der Waals surface area contributed by atoms with Crippen molar-refractivity contribution in [1.29, 1.82) is 0 Å². The molecule has 0 bridgehead atoms. The number of hydrogen-bond acceptors (Lipinski definition) is 3. The van der Waals surface area contributed by atoms with Gasteiger partial charge in [0.05, 0.1) is 0 Å². The third-order valence-electron chi connectivity index (χ3n) is 13.4. The highest BCUT2D eigenvalue weighted by Crippen LogP contribution is 2.72. The Morgan fingerprint density at radius 2 is 1.71 bits per heavy atom. The van der Waals surface area contributed by atoms with Crippen LogP contribution < -0.4 is 10.1 Å². The van der Waals surface area contributed by atoms with E-state index < -0.39 is 0 Å². The smallest absolute Gasteiger partial charge is 0.391 e. The Kier molecular flexibility index (Phi) is 6.47. The fraction of sp³-hybridized carbons (Fsp3) is 0.824. The van der Waals surface area contributed by atoms with E-state index >= 15 is 0 Å². The number of rotatable bonds is 3. The molecule has 5 unspecified atom stereocenters. The van der Waals surface area contributed by atoms with E-state index in [0.717, 1.165) is 30.6 Å². The summed E-state index contributed by atoms with van der Waals surface area (Å²) in [4.78, 5) is 17.5. The first-order valence-corrected chi connectivity index (χ1v) is 15.9. The van der Waals surface area contributed by atoms with E-state index in [9.17, 15) is 4.79 Å². The van der Waals surface area contributed by atoms with Crippen molar-refractivity contribution < 1.29 is 9.53 Å². The zero-order valence-electron chi connectivity index (χ0n) is 24.9. The van der Waals surface area contributed by atoms with Crippen LogP contribution in [0.3, 0.4) is 0 Å². The molecule has 6 rings (SSSR count). The molecule has 0 saturated heterocycles. The predicted molar refractivity (Wildman–Crippen MR) is 153 cm³/mol. The average Bonchev–Trinajstić information content (AvgIpc) is 3.23. The van der Waals surface area contributed by atoms with Crippen LogP contribution in [0.5, 0.6) is 5.88 Å². The first-order valence-electron chi connectivity index (χ1n) is 15.9. The summed E-state index contributed by atoms with van der Waals surface area (Å²) in [5, 5.41) is 3.51. The molecule has 0 spiro atoms. The van der Waals surface area contributed by atoms with Crippen molar-refractivity contribution in [3.63, 3.8) is 0 Å². The van der Waals surface area contributed by atoms with Crippen LogP contribution in [0.1, 0.15) is 112 Å². The number of hydrogen-bond donors (Lipinski definition) is 1. The number of carbonyl (C=O) groups excluding carboxylic acids is 1. The molecule has 5 aliphatic carbocycles. The van der Waals surface area contributed by atoms with Gasteiger partial charge in [0, 0.05) is 17.8 Å². The van der Waals surface area contributed by atoms with E-state index in [1.165, 1.54) is 57.8 Å². The largest absolute Gasteiger partial charge is 0.414 e. The molecule has 5 saturated carbocycles. The number of aromatic nitrogens is 1. The van der Waals surface area contributed by atoms with Gasteiger partial charge in [0.25, 0.3) is 0 Å². The average molecular weight is 521 g/mol. The van der Waals surface area contributed by atoms with Gasteiger partial charge in [-0.1, -0.05) is 54.0 Å². The summed E-state index contributed by atoms with van der Waals surface area (Å²) in [6, 6.07) is 5.49. The van der Waals surface area contributed by atoms with Gasteiger partial charge in [0.15, 0.2) is 0 Å². The Morgan fingerprint density at radius 1 is 0.921 bits per heavy atom. The highest BCUT2D eigenvalue weighted by atomic mass is 16.6. The van der Waals surface area contributed by atoms with Crippen LogP contribution in [0.4, 0.5) is 4.79 Å². The second-order valence-electron chi connectivity index (χ2n) is 15.7. The zero-order valence-corrected chi connectivity index (χ0v) is 24.9. The lowest BCUT2D eigenvalue weighted by Gasteiger charge is -2.69. The Labute approximate surface area is 231 Å². The summed E-state index contributed by atoms with van der Waals surface area (Å²) < 4.78 is 5.69. The van der Waals surface area contributed by atoms with Crippen LogP contribution in [-0.2, 0) is 0 Å². The van der Waals surface area contributed by atoms with Gasteiger partial charge in [-0.3, -0.25) is 0 Å². The van der Waals surface area contributed by atoms with Crippen LogP contribution in [0, 0.1) is 57.7 Å². The number of fused-ring (bicyclic) bond motifs is 7. The van der Waals surface area contributed by atoms with E-state index in [2.05, 4.69) is 51.8 Å². The molecular weight excluding hydrogens is 468 g/mol. The Hall–Kier alpha value is -1.58. The molecule has 0 aromatic carbocycles. The van der Waals surface area contributed by atoms with Gasteiger partial charge in [0.2, 0.25) is 5.88 Å². The van der Waals surface area contributed by atoms with Gasteiger partial charge in [-0.15, -0.1) is 0 Å². The summed E-state index contributed by atoms with van der Waals surface area (Å²) in [6.45, 7) is 15.4. The predicted octanol–water partition coefficient (Wildman–Crippen LogP) is 8.66. The monoisotopic (exact) mass is 520 g/mol. The third kappa shape index (κ3) is 3.97. The minimum Gasteiger partial charge on any atom is -0.391 e. The molecular formula is C34H52N2O2. The lowest BCUT2D eigenvalue weighted by Crippen LogP contribution is -2.65. The van der Waals surface area contributed by atoms with Crippen molar-refractivity contribution in [2.45, 2.75) is 118 Å². The van der Waals surface area contributed by atoms with Crippen LogP contribution >= 0.6 is 0 Å². The maximum Gasteiger partial charge on any atom is 0.414 e. The maximum absolute atomic E-state index is 13.2. The van der Waals surface area contributed by atoms with Crippen LogP contribution in [0.15, 0.2) is 24.4 Å². The van der Waals surface area contributed by atoms with Crippen LogP contribution in [0.25, 0.3) is 0 Å². The van der Waals surface area contributed by atoms with Gasteiger partial charge in [-0.25, -0.2) is 9.78 Å². The number of nitrogens with zero attached hydrogens (tertiary/aromatic N) is 1. The molecule has 4 heteroatoms. The zero-order chi connectivity index (χ0) is 26.9. The third-order valence-corrected chi connectivity index (χ3v) is 13.4.